The Hall–Kier alpha value is -3.41. The molecule has 0 saturated carbocycles. The lowest BCUT2D eigenvalue weighted by atomic mass is 10.0. The lowest BCUT2D eigenvalue weighted by Crippen LogP contribution is -2.30. The topological polar surface area (TPSA) is 78.9 Å². The average molecular weight is 1060 g/mol. The molecule has 0 aromatic carbocycles. The third-order valence-electron chi connectivity index (χ3n) is 14.1. The van der Waals surface area contributed by atoms with Gasteiger partial charge < -0.3 is 14.2 Å². The lowest BCUT2D eigenvalue weighted by Gasteiger charge is -2.18. The van der Waals surface area contributed by atoms with Crippen molar-refractivity contribution in [2.75, 3.05) is 13.2 Å². The summed E-state index contributed by atoms with van der Waals surface area (Å²) >= 11 is 0. The normalized spacial score (nSPS) is 12.6. The molecule has 0 fully saturated rings. The highest BCUT2D eigenvalue weighted by Crippen LogP contribution is 2.17. The van der Waals surface area contributed by atoms with E-state index in [1.54, 1.807) is 0 Å². The van der Waals surface area contributed by atoms with Crippen LogP contribution < -0.4 is 0 Å². The molecule has 0 saturated heterocycles. The number of ether oxygens (including phenoxy) is 3. The molecule has 0 amide bonds. The molecular weight excluding hydrogens is 937 g/mol. The van der Waals surface area contributed by atoms with E-state index in [0.717, 1.165) is 103 Å². The van der Waals surface area contributed by atoms with Gasteiger partial charge in [-0.3, -0.25) is 14.4 Å². The number of hydrogen-bond acceptors (Lipinski definition) is 6. The molecule has 0 spiro atoms. The number of rotatable bonds is 59. The maximum absolute atomic E-state index is 12.8. The predicted molar refractivity (Wildman–Crippen MR) is 330 cm³/mol. The molecule has 0 aliphatic carbocycles. The highest BCUT2D eigenvalue weighted by molar-refractivity contribution is 5.71. The van der Waals surface area contributed by atoms with Gasteiger partial charge in [-0.25, -0.2) is 0 Å². The van der Waals surface area contributed by atoms with Crippen LogP contribution in [0.3, 0.4) is 0 Å². The minimum absolute atomic E-state index is 0.0753. The summed E-state index contributed by atoms with van der Waals surface area (Å²) in [7, 11) is 0. The van der Waals surface area contributed by atoms with Gasteiger partial charge in [-0.15, -0.1) is 0 Å². The van der Waals surface area contributed by atoms with Crippen molar-refractivity contribution in [3.05, 3.63) is 85.1 Å². The zero-order chi connectivity index (χ0) is 55.0. The predicted octanol–water partition coefficient (Wildman–Crippen LogP) is 22.3. The number of hydrogen-bond donors (Lipinski definition) is 0. The van der Waals surface area contributed by atoms with Crippen LogP contribution in [-0.2, 0) is 28.6 Å². The van der Waals surface area contributed by atoms with E-state index in [0.29, 0.717) is 19.3 Å². The molecule has 0 aromatic heterocycles. The van der Waals surface area contributed by atoms with Gasteiger partial charge in [0.2, 0.25) is 0 Å². The molecule has 0 aliphatic heterocycles. The molecule has 0 bridgehead atoms. The minimum Gasteiger partial charge on any atom is -0.462 e. The summed E-state index contributed by atoms with van der Waals surface area (Å²) in [5, 5.41) is 0. The van der Waals surface area contributed by atoms with Crippen LogP contribution in [-0.4, -0.2) is 37.2 Å². The van der Waals surface area contributed by atoms with Gasteiger partial charge >= 0.3 is 17.9 Å². The third-order valence-corrected chi connectivity index (χ3v) is 14.1. The van der Waals surface area contributed by atoms with Crippen molar-refractivity contribution in [3.63, 3.8) is 0 Å². The first kappa shape index (κ1) is 72.6. The van der Waals surface area contributed by atoms with E-state index in [1.165, 1.54) is 180 Å². The van der Waals surface area contributed by atoms with Crippen molar-refractivity contribution in [1.82, 2.24) is 0 Å². The molecule has 76 heavy (non-hydrogen) atoms. The summed E-state index contributed by atoms with van der Waals surface area (Å²) in [5.41, 5.74) is 0. The summed E-state index contributed by atoms with van der Waals surface area (Å²) in [6.07, 6.45) is 85.0. The summed E-state index contributed by atoms with van der Waals surface area (Å²) in [5.74, 6) is -0.880. The Morgan fingerprint density at radius 3 is 0.829 bits per heavy atom. The van der Waals surface area contributed by atoms with Gasteiger partial charge in [-0.05, 0) is 96.3 Å². The number of unbranched alkanes of at least 4 members (excludes halogenated alkanes) is 34. The molecule has 0 aliphatic rings. The van der Waals surface area contributed by atoms with Gasteiger partial charge in [0.05, 0.1) is 0 Å². The smallest absolute Gasteiger partial charge is 0.306 e. The zero-order valence-electron chi connectivity index (χ0n) is 50.3. The maximum atomic E-state index is 12.8. The molecule has 1 unspecified atom stereocenters. The van der Waals surface area contributed by atoms with Crippen LogP contribution in [0.2, 0.25) is 0 Å². The van der Waals surface area contributed by atoms with Gasteiger partial charge in [0.1, 0.15) is 13.2 Å². The van der Waals surface area contributed by atoms with Gasteiger partial charge in [0, 0.05) is 19.3 Å². The van der Waals surface area contributed by atoms with Gasteiger partial charge in [0.15, 0.2) is 6.10 Å². The summed E-state index contributed by atoms with van der Waals surface area (Å²) < 4.78 is 16.8. The van der Waals surface area contributed by atoms with Crippen LogP contribution in [0.15, 0.2) is 85.1 Å². The zero-order valence-corrected chi connectivity index (χ0v) is 50.3. The van der Waals surface area contributed by atoms with E-state index in [4.69, 9.17) is 14.2 Å². The van der Waals surface area contributed by atoms with Crippen LogP contribution in [0.1, 0.15) is 323 Å². The van der Waals surface area contributed by atoms with E-state index in [1.807, 2.05) is 0 Å². The second-order valence-corrected chi connectivity index (χ2v) is 21.6. The largest absolute Gasteiger partial charge is 0.462 e. The van der Waals surface area contributed by atoms with Crippen molar-refractivity contribution < 1.29 is 28.6 Å². The van der Waals surface area contributed by atoms with E-state index < -0.39 is 6.10 Å². The second-order valence-electron chi connectivity index (χ2n) is 21.6. The van der Waals surface area contributed by atoms with Crippen molar-refractivity contribution in [3.8, 4) is 0 Å². The maximum Gasteiger partial charge on any atom is 0.306 e. The Morgan fingerprint density at radius 1 is 0.276 bits per heavy atom. The molecule has 1 atom stereocenters. The molecule has 0 aromatic rings. The Bertz CT molecular complexity index is 1450. The van der Waals surface area contributed by atoms with Crippen LogP contribution in [0.4, 0.5) is 0 Å². The minimum atomic E-state index is -0.775. The highest BCUT2D eigenvalue weighted by Gasteiger charge is 2.19. The van der Waals surface area contributed by atoms with Crippen molar-refractivity contribution >= 4 is 17.9 Å². The van der Waals surface area contributed by atoms with Crippen molar-refractivity contribution in [1.29, 1.82) is 0 Å². The summed E-state index contributed by atoms with van der Waals surface area (Å²) in [6.45, 7) is 6.46. The van der Waals surface area contributed by atoms with Crippen molar-refractivity contribution in [2.45, 2.75) is 329 Å². The molecule has 0 N–H and O–H groups in total. The van der Waals surface area contributed by atoms with Crippen LogP contribution in [0.25, 0.3) is 0 Å². The fourth-order valence-electron chi connectivity index (χ4n) is 9.27. The molecule has 0 rings (SSSR count). The Balaban J connectivity index is 3.96. The summed E-state index contributed by atoms with van der Waals surface area (Å²) in [6, 6.07) is 0. The Labute approximate surface area is 471 Å². The van der Waals surface area contributed by atoms with Crippen molar-refractivity contribution in [2.24, 2.45) is 0 Å². The van der Waals surface area contributed by atoms with Crippen LogP contribution in [0.5, 0.6) is 0 Å². The molecule has 6 nitrogen and oxygen atoms in total. The molecule has 0 radical (unpaired) electrons. The number of esters is 3. The van der Waals surface area contributed by atoms with Gasteiger partial charge in [-0.1, -0.05) is 292 Å². The molecule has 0 heterocycles. The molecular formula is C70H122O6. The fourth-order valence-corrected chi connectivity index (χ4v) is 9.27. The van der Waals surface area contributed by atoms with E-state index in [2.05, 4.69) is 106 Å². The van der Waals surface area contributed by atoms with Crippen LogP contribution >= 0.6 is 0 Å². The number of carbonyl (C=O) groups excluding carboxylic acids is 3. The van der Waals surface area contributed by atoms with Crippen LogP contribution in [0, 0.1) is 0 Å². The quantitative estimate of drug-likeness (QED) is 0.0261. The standard InChI is InChI=1S/C70H122O6/c1-4-7-10-13-16-18-20-22-24-26-27-28-29-30-31-32-33-34-35-36-37-38-39-40-41-42-43-45-46-48-50-52-54-57-60-63-69(72)75-66-67(65-74-68(71)62-59-56-15-12-9-6-3)76-70(73)64-61-58-55-53-51-49-47-44-25-23-21-19-17-14-11-8-5-2/h7,10,16-19,22-25,27-28,30-31,67H,4-6,8-9,11-15,20-21,26,29,32-66H2,1-3H3/b10-7-,18-16-,19-17-,24-22-,25-23-,28-27-,31-30-. The van der Waals surface area contributed by atoms with E-state index in [9.17, 15) is 14.4 Å². The van der Waals surface area contributed by atoms with E-state index >= 15 is 0 Å². The highest BCUT2D eigenvalue weighted by atomic mass is 16.6. The summed E-state index contributed by atoms with van der Waals surface area (Å²) in [4.78, 5) is 38.0. The fraction of sp³-hybridized carbons (Fsp3) is 0.757. The first-order chi connectivity index (χ1) is 37.5. The second kappa shape index (κ2) is 64.1. The Kier molecular flexibility index (Phi) is 61.2. The monoisotopic (exact) mass is 1060 g/mol. The Morgan fingerprint density at radius 2 is 0.513 bits per heavy atom. The SMILES string of the molecule is CC/C=C\C/C=C\C/C=C\C/C=C\C/C=C\CCCCCCCCCCCCCCCCCCCCCC(=O)OCC(COC(=O)CCCCCCCC)OC(=O)CCCCCCCCC/C=C\C/C=C\CCCCC. The number of allylic oxidation sites excluding steroid dienone is 14. The van der Waals surface area contributed by atoms with E-state index in [-0.39, 0.29) is 31.1 Å². The molecule has 6 heteroatoms. The molecule has 438 valence electrons. The first-order valence-electron chi connectivity index (χ1n) is 32.6. The van der Waals surface area contributed by atoms with Gasteiger partial charge in [-0.2, -0.15) is 0 Å². The average Bonchev–Trinajstić information content (AvgIpc) is 3.42. The third kappa shape index (κ3) is 61.4. The van der Waals surface area contributed by atoms with Gasteiger partial charge in [0.25, 0.3) is 0 Å². The number of carbonyl (C=O) groups is 3. The first-order valence-corrected chi connectivity index (χ1v) is 32.6. The lowest BCUT2D eigenvalue weighted by molar-refractivity contribution is -0.167.